The predicted octanol–water partition coefficient (Wildman–Crippen LogP) is 6.34. The molecule has 1 heterocycles. The lowest BCUT2D eigenvalue weighted by Gasteiger charge is -2.22. The van der Waals surface area contributed by atoms with Gasteiger partial charge in [0.05, 0.1) is 19.3 Å². The molecule has 0 aliphatic carbocycles. The Bertz CT molecular complexity index is 1170. The molecule has 1 aromatic heterocycles. The number of anilines is 1. The van der Waals surface area contributed by atoms with E-state index < -0.39 is 6.10 Å². The van der Waals surface area contributed by atoms with Crippen LogP contribution in [0.2, 0.25) is 5.02 Å². The van der Waals surface area contributed by atoms with Gasteiger partial charge in [-0.05, 0) is 72.4 Å². The van der Waals surface area contributed by atoms with E-state index in [-0.39, 0.29) is 6.04 Å². The molecule has 0 amide bonds. The van der Waals surface area contributed by atoms with Gasteiger partial charge in [0, 0.05) is 11.1 Å². The number of fused-ring (bicyclic) bond motifs is 1. The third-order valence-corrected chi connectivity index (χ3v) is 5.86. The quantitative estimate of drug-likeness (QED) is 0.311. The van der Waals surface area contributed by atoms with E-state index in [2.05, 4.69) is 34.7 Å². The zero-order valence-corrected chi connectivity index (χ0v) is 19.0. The summed E-state index contributed by atoms with van der Waals surface area (Å²) in [6, 6.07) is 21.8. The van der Waals surface area contributed by atoms with Crippen molar-refractivity contribution < 1.29 is 14.4 Å². The lowest BCUT2D eigenvalue weighted by molar-refractivity contribution is 0.148. The first-order valence-corrected chi connectivity index (χ1v) is 11.1. The summed E-state index contributed by atoms with van der Waals surface area (Å²) in [6.07, 6.45) is 1.51. The third-order valence-electron chi connectivity index (χ3n) is 5.61. The van der Waals surface area contributed by atoms with Crippen molar-refractivity contribution in [2.45, 2.75) is 38.3 Å². The van der Waals surface area contributed by atoms with Gasteiger partial charge in [0.25, 0.3) is 0 Å². The van der Waals surface area contributed by atoms with Crippen LogP contribution in [0.1, 0.15) is 35.8 Å². The van der Waals surface area contributed by atoms with E-state index in [1.165, 1.54) is 10.9 Å². The second-order valence-electron chi connectivity index (χ2n) is 8.05. The van der Waals surface area contributed by atoms with Crippen molar-refractivity contribution in [2.24, 2.45) is 0 Å². The van der Waals surface area contributed by atoms with Crippen LogP contribution in [0.3, 0.4) is 0 Å². The maximum Gasteiger partial charge on any atom is 0.170 e. The number of aryl methyl sites for hydroxylation is 2. The molecule has 0 spiro atoms. The summed E-state index contributed by atoms with van der Waals surface area (Å²) in [5.74, 6) is 2.24. The van der Waals surface area contributed by atoms with Gasteiger partial charge in [0.2, 0.25) is 0 Å². The number of aliphatic hydroxyl groups excluding tert-OH is 1. The maximum atomic E-state index is 10.8. The molecule has 0 aliphatic rings. The molecule has 4 aromatic rings. The van der Waals surface area contributed by atoms with Gasteiger partial charge in [-0.3, -0.25) is 0 Å². The minimum atomic E-state index is -0.484. The molecule has 2 unspecified atom stereocenters. The number of ether oxygens (including phenoxy) is 1. The molecule has 166 valence electrons. The Kier molecular flexibility index (Phi) is 6.98. The largest absolute Gasteiger partial charge is 0.497 e. The van der Waals surface area contributed by atoms with Gasteiger partial charge < -0.3 is 19.7 Å². The van der Waals surface area contributed by atoms with Crippen molar-refractivity contribution in [1.82, 2.24) is 5.16 Å². The minimum Gasteiger partial charge on any atom is -0.497 e. The molecule has 0 saturated heterocycles. The predicted molar refractivity (Wildman–Crippen MR) is 129 cm³/mol. The zero-order chi connectivity index (χ0) is 22.5. The Hall–Kier alpha value is -3.02. The summed E-state index contributed by atoms with van der Waals surface area (Å²) >= 11 is 6.06. The lowest BCUT2D eigenvalue weighted by atomic mass is 9.96. The summed E-state index contributed by atoms with van der Waals surface area (Å²) in [5, 5.41) is 21.2. The van der Waals surface area contributed by atoms with E-state index >= 15 is 0 Å². The number of rotatable bonds is 9. The smallest absolute Gasteiger partial charge is 0.170 e. The Morgan fingerprint density at radius 2 is 1.78 bits per heavy atom. The van der Waals surface area contributed by atoms with Crippen molar-refractivity contribution in [3.63, 3.8) is 0 Å². The van der Waals surface area contributed by atoms with Crippen LogP contribution >= 0.6 is 11.6 Å². The number of methoxy groups -OCH3 is 1. The van der Waals surface area contributed by atoms with Gasteiger partial charge in [-0.15, -0.1) is 0 Å². The van der Waals surface area contributed by atoms with Gasteiger partial charge in [0.15, 0.2) is 5.82 Å². The van der Waals surface area contributed by atoms with Crippen LogP contribution in [0.5, 0.6) is 5.75 Å². The number of aromatic nitrogens is 1. The normalized spacial score (nSPS) is 13.1. The van der Waals surface area contributed by atoms with Crippen LogP contribution < -0.4 is 10.1 Å². The van der Waals surface area contributed by atoms with Crippen LogP contribution in [0.15, 0.2) is 71.3 Å². The molecule has 0 fully saturated rings. The average Bonchev–Trinajstić information content (AvgIpc) is 3.21. The van der Waals surface area contributed by atoms with Crippen LogP contribution in [-0.2, 0) is 6.42 Å². The molecule has 3 aromatic carbocycles. The summed E-state index contributed by atoms with van der Waals surface area (Å²) in [7, 11) is 1.67. The summed E-state index contributed by atoms with van der Waals surface area (Å²) in [4.78, 5) is 0. The zero-order valence-electron chi connectivity index (χ0n) is 18.2. The molecule has 0 aliphatic heterocycles. The van der Waals surface area contributed by atoms with Gasteiger partial charge in [-0.2, -0.15) is 0 Å². The number of hydrogen-bond acceptors (Lipinski definition) is 5. The van der Waals surface area contributed by atoms with E-state index in [0.717, 1.165) is 28.9 Å². The highest BCUT2D eigenvalue weighted by Gasteiger charge is 2.18. The number of benzene rings is 3. The molecular weight excluding hydrogens is 424 g/mol. The molecular formula is C26H27ClN2O3. The van der Waals surface area contributed by atoms with E-state index in [1.54, 1.807) is 7.11 Å². The Balaban J connectivity index is 1.42. The molecule has 0 bridgehead atoms. The second kappa shape index (κ2) is 10.1. The van der Waals surface area contributed by atoms with E-state index in [4.69, 9.17) is 20.9 Å². The van der Waals surface area contributed by atoms with Crippen molar-refractivity contribution in [3.8, 4) is 5.75 Å². The van der Waals surface area contributed by atoms with Crippen molar-refractivity contribution >= 4 is 28.2 Å². The molecule has 2 N–H and O–H groups in total. The van der Waals surface area contributed by atoms with Crippen molar-refractivity contribution in [3.05, 3.63) is 88.6 Å². The van der Waals surface area contributed by atoms with E-state index in [1.807, 2.05) is 49.4 Å². The fourth-order valence-electron chi connectivity index (χ4n) is 3.87. The van der Waals surface area contributed by atoms with Crippen LogP contribution in [0, 0.1) is 6.92 Å². The number of aliphatic hydroxyl groups is 1. The van der Waals surface area contributed by atoms with Crippen molar-refractivity contribution in [2.75, 3.05) is 12.4 Å². The van der Waals surface area contributed by atoms with Crippen LogP contribution in [-0.4, -0.2) is 23.5 Å². The monoisotopic (exact) mass is 450 g/mol. The molecule has 6 heteroatoms. The average molecular weight is 451 g/mol. The first kappa shape index (κ1) is 22.2. The minimum absolute atomic E-state index is 0.115. The number of nitrogens with one attached hydrogen (secondary N) is 1. The van der Waals surface area contributed by atoms with Crippen LogP contribution in [0.25, 0.3) is 10.8 Å². The van der Waals surface area contributed by atoms with E-state index in [0.29, 0.717) is 23.7 Å². The Morgan fingerprint density at radius 1 is 1.03 bits per heavy atom. The molecule has 0 saturated carbocycles. The van der Waals surface area contributed by atoms with Crippen LogP contribution in [0.4, 0.5) is 5.82 Å². The fraction of sp³-hybridized carbons (Fsp3) is 0.269. The second-order valence-corrected chi connectivity index (χ2v) is 8.48. The van der Waals surface area contributed by atoms with Gasteiger partial charge in [-0.1, -0.05) is 53.2 Å². The highest BCUT2D eigenvalue weighted by Crippen LogP contribution is 2.27. The summed E-state index contributed by atoms with van der Waals surface area (Å²) < 4.78 is 10.5. The first-order chi connectivity index (χ1) is 15.5. The van der Waals surface area contributed by atoms with Crippen molar-refractivity contribution in [1.29, 1.82) is 0 Å². The molecule has 32 heavy (non-hydrogen) atoms. The summed E-state index contributed by atoms with van der Waals surface area (Å²) in [5.41, 5.74) is 2.23. The lowest BCUT2D eigenvalue weighted by Crippen LogP contribution is -2.19. The molecule has 2 atom stereocenters. The number of hydrogen-bond donors (Lipinski definition) is 2. The maximum absolute atomic E-state index is 10.8. The van der Waals surface area contributed by atoms with E-state index in [9.17, 15) is 5.11 Å². The molecule has 4 rings (SSSR count). The number of halogens is 1. The fourth-order valence-corrected chi connectivity index (χ4v) is 3.99. The summed E-state index contributed by atoms with van der Waals surface area (Å²) in [6.45, 7) is 1.85. The third kappa shape index (κ3) is 5.61. The SMILES string of the molecule is COc1ccc2cc(CCC(O)CC(Nc3cc(C)on3)c3ccc(Cl)cc3)ccc2c1. The molecule has 0 radical (unpaired) electrons. The Labute approximate surface area is 193 Å². The van der Waals surface area contributed by atoms with Gasteiger partial charge in [-0.25, -0.2) is 0 Å². The first-order valence-electron chi connectivity index (χ1n) is 10.7. The number of nitrogens with zero attached hydrogens (tertiary/aromatic N) is 1. The standard InChI is InChI=1S/C26H27ClN2O3/c1-17-13-26(29-32-17)28-25(19-6-9-22(27)10-7-19)16-23(30)11-4-18-3-5-21-15-24(31-2)12-8-20(21)14-18/h3,5-10,12-15,23,25,30H,4,11,16H2,1-2H3,(H,28,29). The van der Waals surface area contributed by atoms with Gasteiger partial charge in [0.1, 0.15) is 11.5 Å². The van der Waals surface area contributed by atoms with Gasteiger partial charge >= 0.3 is 0 Å². The topological polar surface area (TPSA) is 67.5 Å². The highest BCUT2D eigenvalue weighted by atomic mass is 35.5. The highest BCUT2D eigenvalue weighted by molar-refractivity contribution is 6.30. The molecule has 5 nitrogen and oxygen atoms in total. The Morgan fingerprint density at radius 3 is 2.50 bits per heavy atom.